The topological polar surface area (TPSA) is 59.3 Å². The fraction of sp³-hybridized carbons (Fsp3) is 0.455. The van der Waals surface area contributed by atoms with Crippen LogP contribution in [0, 0.1) is 6.92 Å². The number of fused-ring (bicyclic) bond motifs is 1. The molecule has 1 unspecified atom stereocenters. The summed E-state index contributed by atoms with van der Waals surface area (Å²) in [6, 6.07) is 1.94. The van der Waals surface area contributed by atoms with Gasteiger partial charge in [-0.2, -0.15) is 5.10 Å². The molecule has 0 spiro atoms. The Hall–Kier alpha value is -1.27. The average Bonchev–Trinajstić information content (AvgIpc) is 2.63. The van der Waals surface area contributed by atoms with Gasteiger partial charge in [0.05, 0.1) is 5.69 Å². The zero-order valence-electron chi connectivity index (χ0n) is 10.0. The summed E-state index contributed by atoms with van der Waals surface area (Å²) in [5, 5.41) is 7.54. The minimum Gasteiger partial charge on any atom is -0.312 e. The van der Waals surface area contributed by atoms with Crippen molar-refractivity contribution in [1.29, 1.82) is 0 Å². The molecule has 2 rings (SSSR count). The third-order valence-corrected chi connectivity index (χ3v) is 3.16. The molecule has 92 valence electrons. The van der Waals surface area contributed by atoms with Gasteiger partial charge in [-0.05, 0) is 6.92 Å². The smallest absolute Gasteiger partial charge is 0.155 e. The third kappa shape index (κ3) is 3.34. The molecule has 0 fully saturated rings. The molecule has 0 aliphatic carbocycles. The molecule has 0 bridgehead atoms. The highest BCUT2D eigenvalue weighted by Gasteiger charge is 2.00. The Morgan fingerprint density at radius 1 is 1.53 bits per heavy atom. The first kappa shape index (κ1) is 12.2. The van der Waals surface area contributed by atoms with E-state index in [1.54, 1.807) is 10.8 Å². The highest BCUT2D eigenvalue weighted by Crippen LogP contribution is 2.04. The van der Waals surface area contributed by atoms with E-state index >= 15 is 0 Å². The molecule has 0 aromatic carbocycles. The van der Waals surface area contributed by atoms with Crippen molar-refractivity contribution in [1.82, 2.24) is 19.9 Å². The van der Waals surface area contributed by atoms with Gasteiger partial charge in [-0.1, -0.05) is 0 Å². The van der Waals surface area contributed by atoms with Crippen molar-refractivity contribution in [3.05, 3.63) is 29.7 Å². The van der Waals surface area contributed by atoms with Crippen LogP contribution in [0.25, 0.3) is 5.65 Å². The summed E-state index contributed by atoms with van der Waals surface area (Å²) in [6.07, 6.45) is 5.51. The van der Waals surface area contributed by atoms with Gasteiger partial charge in [0.1, 0.15) is 0 Å². The maximum atomic E-state index is 10.9. The number of rotatable bonds is 5. The highest BCUT2D eigenvalue weighted by atomic mass is 32.2. The van der Waals surface area contributed by atoms with Gasteiger partial charge in [-0.15, -0.1) is 0 Å². The Bertz CT molecular complexity index is 537. The van der Waals surface area contributed by atoms with Crippen LogP contribution in [0.5, 0.6) is 0 Å². The quantitative estimate of drug-likeness (QED) is 0.788. The number of hydrogen-bond acceptors (Lipinski definition) is 4. The molecule has 17 heavy (non-hydrogen) atoms. The van der Waals surface area contributed by atoms with E-state index in [0.717, 1.165) is 30.0 Å². The van der Waals surface area contributed by atoms with Crippen LogP contribution in [-0.4, -0.2) is 37.4 Å². The fourth-order valence-electron chi connectivity index (χ4n) is 1.57. The van der Waals surface area contributed by atoms with Crippen LogP contribution in [0.1, 0.15) is 11.3 Å². The van der Waals surface area contributed by atoms with Crippen molar-refractivity contribution in [2.45, 2.75) is 13.5 Å². The summed E-state index contributed by atoms with van der Waals surface area (Å²) < 4.78 is 12.7. The van der Waals surface area contributed by atoms with Gasteiger partial charge in [-0.3, -0.25) is 4.21 Å². The van der Waals surface area contributed by atoms with Gasteiger partial charge in [0.25, 0.3) is 0 Å². The largest absolute Gasteiger partial charge is 0.312 e. The molecule has 5 nitrogen and oxygen atoms in total. The Morgan fingerprint density at radius 2 is 2.35 bits per heavy atom. The average molecular weight is 252 g/mol. The van der Waals surface area contributed by atoms with Gasteiger partial charge in [0.2, 0.25) is 0 Å². The number of nitrogens with zero attached hydrogens (tertiary/aromatic N) is 3. The monoisotopic (exact) mass is 252 g/mol. The van der Waals surface area contributed by atoms with Crippen LogP contribution in [0.2, 0.25) is 0 Å². The van der Waals surface area contributed by atoms with Crippen molar-refractivity contribution in [2.24, 2.45) is 0 Å². The Kier molecular flexibility index (Phi) is 3.86. The SMILES string of the molecule is Cc1cc2ncc(CNCCS(C)=O)cn2n1. The van der Waals surface area contributed by atoms with E-state index in [9.17, 15) is 4.21 Å². The predicted molar refractivity (Wildman–Crippen MR) is 68.4 cm³/mol. The Morgan fingerprint density at radius 3 is 3.12 bits per heavy atom. The maximum absolute atomic E-state index is 10.9. The van der Waals surface area contributed by atoms with E-state index in [4.69, 9.17) is 0 Å². The summed E-state index contributed by atoms with van der Waals surface area (Å²) in [6.45, 7) is 3.42. The third-order valence-electron chi connectivity index (χ3n) is 2.38. The van der Waals surface area contributed by atoms with Crippen LogP contribution in [0.4, 0.5) is 0 Å². The molecule has 0 amide bonds. The minimum absolute atomic E-state index is 0.677. The van der Waals surface area contributed by atoms with E-state index < -0.39 is 10.8 Å². The molecule has 0 aliphatic heterocycles. The second-order valence-electron chi connectivity index (χ2n) is 4.00. The lowest BCUT2D eigenvalue weighted by atomic mass is 10.3. The maximum Gasteiger partial charge on any atom is 0.155 e. The normalized spacial score (nSPS) is 13.1. The standard InChI is InChI=1S/C11H16N4OS/c1-9-5-11-13-7-10(8-15(11)14-9)6-12-3-4-17(2)16/h5,7-8,12H,3-4,6H2,1-2H3. The molecule has 2 heterocycles. The number of nitrogens with one attached hydrogen (secondary N) is 1. The Labute approximate surface area is 103 Å². The second kappa shape index (κ2) is 5.37. The molecular formula is C11H16N4OS. The molecule has 6 heteroatoms. The summed E-state index contributed by atoms with van der Waals surface area (Å²) in [5.74, 6) is 0.677. The van der Waals surface area contributed by atoms with Crippen LogP contribution in [0.3, 0.4) is 0 Å². The van der Waals surface area contributed by atoms with E-state index in [-0.39, 0.29) is 0 Å². The summed E-state index contributed by atoms with van der Waals surface area (Å²) in [7, 11) is -0.738. The predicted octanol–water partition coefficient (Wildman–Crippen LogP) is 0.506. The van der Waals surface area contributed by atoms with Crippen molar-refractivity contribution in [2.75, 3.05) is 18.6 Å². The van der Waals surface area contributed by atoms with Gasteiger partial charge >= 0.3 is 0 Å². The molecule has 0 saturated carbocycles. The fourth-order valence-corrected chi connectivity index (χ4v) is 2.01. The number of hydrogen-bond donors (Lipinski definition) is 1. The molecule has 2 aromatic heterocycles. The lowest BCUT2D eigenvalue weighted by Gasteiger charge is -2.03. The summed E-state index contributed by atoms with van der Waals surface area (Å²) >= 11 is 0. The van der Waals surface area contributed by atoms with Crippen LogP contribution in [-0.2, 0) is 17.3 Å². The van der Waals surface area contributed by atoms with Gasteiger partial charge in [0, 0.05) is 59.9 Å². The lowest BCUT2D eigenvalue weighted by molar-refractivity contribution is 0.675. The first-order valence-electron chi connectivity index (χ1n) is 5.47. The highest BCUT2D eigenvalue weighted by molar-refractivity contribution is 7.84. The number of aromatic nitrogens is 3. The van der Waals surface area contributed by atoms with Gasteiger partial charge in [0.15, 0.2) is 5.65 Å². The zero-order chi connectivity index (χ0) is 12.3. The molecule has 0 radical (unpaired) electrons. The van der Waals surface area contributed by atoms with Gasteiger partial charge in [-0.25, -0.2) is 9.50 Å². The van der Waals surface area contributed by atoms with Crippen LogP contribution in [0.15, 0.2) is 18.5 Å². The molecular weight excluding hydrogens is 236 g/mol. The molecule has 0 aliphatic rings. The molecule has 2 aromatic rings. The molecule has 1 N–H and O–H groups in total. The second-order valence-corrected chi connectivity index (χ2v) is 5.56. The minimum atomic E-state index is -0.738. The van der Waals surface area contributed by atoms with Crippen molar-refractivity contribution in [3.8, 4) is 0 Å². The lowest BCUT2D eigenvalue weighted by Crippen LogP contribution is -2.20. The van der Waals surface area contributed by atoms with Crippen LogP contribution < -0.4 is 5.32 Å². The first-order chi connectivity index (χ1) is 8.15. The number of aryl methyl sites for hydroxylation is 1. The summed E-state index contributed by atoms with van der Waals surface area (Å²) in [5.41, 5.74) is 2.90. The van der Waals surface area contributed by atoms with Crippen molar-refractivity contribution in [3.63, 3.8) is 0 Å². The summed E-state index contributed by atoms with van der Waals surface area (Å²) in [4.78, 5) is 4.32. The van der Waals surface area contributed by atoms with E-state index in [2.05, 4.69) is 15.4 Å². The van der Waals surface area contributed by atoms with Crippen LogP contribution >= 0.6 is 0 Å². The van der Waals surface area contributed by atoms with E-state index in [1.165, 1.54) is 0 Å². The molecule has 1 atom stereocenters. The zero-order valence-corrected chi connectivity index (χ0v) is 10.8. The van der Waals surface area contributed by atoms with Crippen molar-refractivity contribution < 1.29 is 4.21 Å². The molecule has 0 saturated heterocycles. The van der Waals surface area contributed by atoms with E-state index in [1.807, 2.05) is 25.4 Å². The van der Waals surface area contributed by atoms with Crippen molar-refractivity contribution >= 4 is 16.4 Å². The first-order valence-corrected chi connectivity index (χ1v) is 7.19. The Balaban J connectivity index is 1.96. The van der Waals surface area contributed by atoms with Gasteiger partial charge < -0.3 is 5.32 Å². The van der Waals surface area contributed by atoms with E-state index in [0.29, 0.717) is 5.75 Å².